The maximum Gasteiger partial charge on any atom is 0.251 e. The lowest BCUT2D eigenvalue weighted by Gasteiger charge is -2.11. The van der Waals surface area contributed by atoms with Crippen molar-refractivity contribution in [1.82, 2.24) is 10.3 Å². The molecule has 0 saturated heterocycles. The Morgan fingerprint density at radius 1 is 1.00 bits per heavy atom. The number of nitrogens with zero attached hydrogens (tertiary/aromatic N) is 1. The van der Waals surface area contributed by atoms with Crippen LogP contribution in [0.2, 0.25) is 0 Å². The van der Waals surface area contributed by atoms with Crippen LogP contribution in [-0.2, 0) is 13.2 Å². The number of hydrogen-bond acceptors (Lipinski definition) is 4. The lowest BCUT2D eigenvalue weighted by molar-refractivity contribution is 0.0948. The van der Waals surface area contributed by atoms with Crippen LogP contribution in [0.15, 0.2) is 72.9 Å². The molecule has 0 spiro atoms. The Balaban J connectivity index is 1.63. The number of hydrogen-bond donors (Lipinski definition) is 1. The molecule has 1 aromatic heterocycles. The maximum atomic E-state index is 12.6. The second-order valence-electron chi connectivity index (χ2n) is 5.65. The molecule has 0 aliphatic carbocycles. The predicted molar refractivity (Wildman–Crippen MR) is 99.2 cm³/mol. The molecule has 26 heavy (non-hydrogen) atoms. The molecule has 0 unspecified atom stereocenters. The van der Waals surface area contributed by atoms with E-state index in [0.29, 0.717) is 24.6 Å². The Labute approximate surface area is 152 Å². The van der Waals surface area contributed by atoms with Crippen LogP contribution < -0.4 is 14.8 Å². The van der Waals surface area contributed by atoms with E-state index in [2.05, 4.69) is 10.3 Å². The van der Waals surface area contributed by atoms with Crippen molar-refractivity contribution in [3.8, 4) is 11.6 Å². The van der Waals surface area contributed by atoms with E-state index in [1.165, 1.54) is 0 Å². The zero-order valence-electron chi connectivity index (χ0n) is 14.5. The summed E-state index contributed by atoms with van der Waals surface area (Å²) in [7, 11) is 1.57. The number of carbonyl (C=O) groups is 1. The van der Waals surface area contributed by atoms with Gasteiger partial charge in [0.15, 0.2) is 0 Å². The van der Waals surface area contributed by atoms with E-state index in [9.17, 15) is 4.79 Å². The molecule has 0 fully saturated rings. The number of carbonyl (C=O) groups excluding carboxylic acids is 1. The highest BCUT2D eigenvalue weighted by molar-refractivity contribution is 5.95. The summed E-state index contributed by atoms with van der Waals surface area (Å²) in [5, 5.41) is 2.92. The first kappa shape index (κ1) is 17.5. The van der Waals surface area contributed by atoms with E-state index in [0.717, 1.165) is 16.9 Å². The van der Waals surface area contributed by atoms with Gasteiger partial charge in [-0.2, -0.15) is 0 Å². The minimum absolute atomic E-state index is 0.145. The van der Waals surface area contributed by atoms with Crippen LogP contribution in [-0.4, -0.2) is 18.0 Å². The monoisotopic (exact) mass is 348 g/mol. The quantitative estimate of drug-likeness (QED) is 0.709. The number of para-hydroxylation sites is 1. The highest BCUT2D eigenvalue weighted by atomic mass is 16.5. The smallest absolute Gasteiger partial charge is 0.251 e. The third-order valence-electron chi connectivity index (χ3n) is 3.86. The molecule has 0 saturated carbocycles. The third kappa shape index (κ3) is 4.60. The van der Waals surface area contributed by atoms with Gasteiger partial charge in [-0.1, -0.05) is 42.5 Å². The Hall–Kier alpha value is -3.34. The average Bonchev–Trinajstić information content (AvgIpc) is 2.72. The van der Waals surface area contributed by atoms with Crippen molar-refractivity contribution in [2.75, 3.05) is 7.11 Å². The highest BCUT2D eigenvalue weighted by Crippen LogP contribution is 2.15. The lowest BCUT2D eigenvalue weighted by Crippen LogP contribution is -2.24. The first-order valence-electron chi connectivity index (χ1n) is 8.29. The van der Waals surface area contributed by atoms with Gasteiger partial charge in [-0.15, -0.1) is 0 Å². The van der Waals surface area contributed by atoms with Crippen LogP contribution in [0.5, 0.6) is 11.6 Å². The minimum atomic E-state index is -0.145. The molecule has 5 heteroatoms. The van der Waals surface area contributed by atoms with E-state index in [1.54, 1.807) is 25.4 Å². The van der Waals surface area contributed by atoms with Gasteiger partial charge >= 0.3 is 0 Å². The largest absolute Gasteiger partial charge is 0.489 e. The lowest BCUT2D eigenvalue weighted by atomic mass is 10.1. The second-order valence-corrected chi connectivity index (χ2v) is 5.65. The molecule has 1 amide bonds. The summed E-state index contributed by atoms with van der Waals surface area (Å²) in [6.45, 7) is 0.724. The molecule has 0 aliphatic heterocycles. The van der Waals surface area contributed by atoms with Crippen LogP contribution in [0.25, 0.3) is 0 Å². The fourth-order valence-electron chi connectivity index (χ4n) is 2.46. The molecule has 5 nitrogen and oxygen atoms in total. The van der Waals surface area contributed by atoms with E-state index < -0.39 is 0 Å². The van der Waals surface area contributed by atoms with Crippen molar-refractivity contribution in [3.05, 3.63) is 89.6 Å². The molecule has 0 atom stereocenters. The number of benzene rings is 2. The van der Waals surface area contributed by atoms with Crippen molar-refractivity contribution in [2.24, 2.45) is 0 Å². The number of rotatable bonds is 7. The molecule has 2 aromatic carbocycles. The van der Waals surface area contributed by atoms with E-state index in [-0.39, 0.29) is 5.91 Å². The van der Waals surface area contributed by atoms with Crippen LogP contribution >= 0.6 is 0 Å². The van der Waals surface area contributed by atoms with Crippen molar-refractivity contribution in [2.45, 2.75) is 13.2 Å². The van der Waals surface area contributed by atoms with Crippen LogP contribution in [0.4, 0.5) is 0 Å². The van der Waals surface area contributed by atoms with Gasteiger partial charge in [0.25, 0.3) is 5.91 Å². The van der Waals surface area contributed by atoms with Crippen LogP contribution in [0, 0.1) is 0 Å². The summed E-state index contributed by atoms with van der Waals surface area (Å²) < 4.78 is 10.8. The molecular weight excluding hydrogens is 328 g/mol. The predicted octanol–water partition coefficient (Wildman–Crippen LogP) is 3.60. The zero-order valence-corrected chi connectivity index (χ0v) is 14.5. The topological polar surface area (TPSA) is 60.5 Å². The summed E-state index contributed by atoms with van der Waals surface area (Å²) in [5.41, 5.74) is 2.34. The Morgan fingerprint density at radius 3 is 2.50 bits per heavy atom. The Morgan fingerprint density at radius 2 is 1.77 bits per heavy atom. The van der Waals surface area contributed by atoms with E-state index >= 15 is 0 Å². The average molecular weight is 348 g/mol. The molecule has 0 radical (unpaired) electrons. The van der Waals surface area contributed by atoms with Gasteiger partial charge in [0, 0.05) is 29.9 Å². The number of aromatic nitrogens is 1. The van der Waals surface area contributed by atoms with Crippen LogP contribution in [0.1, 0.15) is 21.5 Å². The fraction of sp³-hybridized carbons (Fsp3) is 0.143. The molecule has 3 rings (SSSR count). The van der Waals surface area contributed by atoms with Gasteiger partial charge in [-0.05, 0) is 23.8 Å². The van der Waals surface area contributed by atoms with Gasteiger partial charge in [0.1, 0.15) is 12.4 Å². The standard InChI is InChI=1S/C21H20N2O3/c1-25-20-12-11-16(13-22-20)14-23-21(24)19-10-6-5-7-17(19)15-26-18-8-3-2-4-9-18/h2-13H,14-15H2,1H3,(H,23,24). The van der Waals surface area contributed by atoms with Crippen molar-refractivity contribution < 1.29 is 14.3 Å². The molecule has 3 aromatic rings. The Bertz CT molecular complexity index is 849. The minimum Gasteiger partial charge on any atom is -0.489 e. The number of methoxy groups -OCH3 is 1. The summed E-state index contributed by atoms with van der Waals surface area (Å²) >= 11 is 0. The molecular formula is C21H20N2O3. The van der Waals surface area contributed by atoms with Gasteiger partial charge in [0.05, 0.1) is 7.11 Å². The molecule has 0 bridgehead atoms. The number of amides is 1. The maximum absolute atomic E-state index is 12.6. The second kappa shape index (κ2) is 8.67. The number of pyridine rings is 1. The molecule has 1 N–H and O–H groups in total. The first-order chi connectivity index (χ1) is 12.8. The van der Waals surface area contributed by atoms with Crippen molar-refractivity contribution >= 4 is 5.91 Å². The molecule has 0 aliphatic rings. The number of nitrogens with one attached hydrogen (secondary N) is 1. The highest BCUT2D eigenvalue weighted by Gasteiger charge is 2.11. The van der Waals surface area contributed by atoms with Gasteiger partial charge in [-0.25, -0.2) is 4.98 Å². The molecule has 1 heterocycles. The summed E-state index contributed by atoms with van der Waals surface area (Å²) in [5.74, 6) is 1.17. The van der Waals surface area contributed by atoms with Crippen LogP contribution in [0.3, 0.4) is 0 Å². The van der Waals surface area contributed by atoms with Gasteiger partial charge < -0.3 is 14.8 Å². The summed E-state index contributed by atoms with van der Waals surface area (Å²) in [4.78, 5) is 16.7. The van der Waals surface area contributed by atoms with E-state index in [1.807, 2.05) is 54.6 Å². The fourth-order valence-corrected chi connectivity index (χ4v) is 2.46. The summed E-state index contributed by atoms with van der Waals surface area (Å²) in [6, 6.07) is 20.6. The normalized spacial score (nSPS) is 10.2. The Kier molecular flexibility index (Phi) is 5.83. The molecule has 132 valence electrons. The van der Waals surface area contributed by atoms with Crippen molar-refractivity contribution in [3.63, 3.8) is 0 Å². The SMILES string of the molecule is COc1ccc(CNC(=O)c2ccccc2COc2ccccc2)cn1. The first-order valence-corrected chi connectivity index (χ1v) is 8.29. The van der Waals surface area contributed by atoms with Gasteiger partial charge in [0.2, 0.25) is 5.88 Å². The summed E-state index contributed by atoms with van der Waals surface area (Å²) in [6.07, 6.45) is 1.68. The zero-order chi connectivity index (χ0) is 18.2. The van der Waals surface area contributed by atoms with E-state index in [4.69, 9.17) is 9.47 Å². The van der Waals surface area contributed by atoms with Crippen molar-refractivity contribution in [1.29, 1.82) is 0 Å². The number of ether oxygens (including phenoxy) is 2. The third-order valence-corrected chi connectivity index (χ3v) is 3.86. The van der Waals surface area contributed by atoms with Gasteiger partial charge in [-0.3, -0.25) is 4.79 Å².